The first-order chi connectivity index (χ1) is 30.4. The van der Waals surface area contributed by atoms with Gasteiger partial charge in [0.25, 0.3) is 0 Å². The van der Waals surface area contributed by atoms with Crippen LogP contribution in [0, 0.1) is 0 Å². The topological polar surface area (TPSA) is 25.8 Å². The maximum atomic E-state index is 5.54. The van der Waals surface area contributed by atoms with E-state index in [4.69, 9.17) is 9.97 Å². The Bertz CT molecular complexity index is 2730. The first-order valence-electron chi connectivity index (χ1n) is 24.1. The van der Waals surface area contributed by atoms with Crippen molar-refractivity contribution in [3.8, 4) is 67.3 Å². The van der Waals surface area contributed by atoms with Gasteiger partial charge >= 0.3 is 0 Å². The van der Waals surface area contributed by atoms with Gasteiger partial charge in [0.1, 0.15) is 0 Å². The van der Waals surface area contributed by atoms with E-state index < -0.39 is 0 Å². The van der Waals surface area contributed by atoms with Gasteiger partial charge in [0.15, 0.2) is 5.82 Å². The van der Waals surface area contributed by atoms with E-state index in [9.17, 15) is 0 Å². The zero-order chi connectivity index (χ0) is 48.4. The molecule has 66 heavy (non-hydrogen) atoms. The summed E-state index contributed by atoms with van der Waals surface area (Å²) in [5, 5.41) is 0. The number of nitrogens with zero attached hydrogens (tertiary/aromatic N) is 2. The minimum absolute atomic E-state index is 0.00296. The van der Waals surface area contributed by atoms with Crippen molar-refractivity contribution in [1.29, 1.82) is 0 Å². The van der Waals surface area contributed by atoms with Crippen molar-refractivity contribution in [2.75, 3.05) is 0 Å². The number of aromatic nitrogens is 2. The lowest BCUT2D eigenvalue weighted by Gasteiger charge is -2.26. The van der Waals surface area contributed by atoms with Crippen LogP contribution in [0.15, 0.2) is 133 Å². The summed E-state index contributed by atoms with van der Waals surface area (Å²) in [6.07, 6.45) is 0. The van der Waals surface area contributed by atoms with Gasteiger partial charge < -0.3 is 0 Å². The van der Waals surface area contributed by atoms with Gasteiger partial charge in [-0.3, -0.25) is 0 Å². The van der Waals surface area contributed by atoms with Crippen LogP contribution in [-0.2, 0) is 32.5 Å². The quantitative estimate of drug-likeness (QED) is 0.166. The summed E-state index contributed by atoms with van der Waals surface area (Å²) in [5.41, 5.74) is 19.9. The smallest absolute Gasteiger partial charge is 0.160 e. The van der Waals surface area contributed by atoms with Crippen molar-refractivity contribution in [1.82, 2.24) is 9.97 Å². The number of hydrogen-bond donors (Lipinski definition) is 0. The first kappa shape index (κ1) is 48.3. The predicted octanol–water partition coefficient (Wildman–Crippen LogP) is 18.3. The van der Waals surface area contributed by atoms with E-state index in [0.29, 0.717) is 5.82 Å². The van der Waals surface area contributed by atoms with E-state index in [0.717, 1.165) is 33.6 Å². The third-order valence-electron chi connectivity index (χ3n) is 13.2. The molecule has 0 amide bonds. The molecule has 0 aliphatic carbocycles. The van der Waals surface area contributed by atoms with Gasteiger partial charge in [-0.15, -0.1) is 0 Å². The van der Waals surface area contributed by atoms with E-state index >= 15 is 0 Å². The maximum Gasteiger partial charge on any atom is 0.160 e. The van der Waals surface area contributed by atoms with E-state index in [1.54, 1.807) is 0 Å². The first-order valence-corrected chi connectivity index (χ1v) is 24.1. The summed E-state index contributed by atoms with van der Waals surface area (Å²) in [7, 11) is 0. The summed E-state index contributed by atoms with van der Waals surface area (Å²) in [6.45, 7) is 41.4. The molecule has 7 aromatic rings. The Hall–Kier alpha value is -5.60. The minimum atomic E-state index is -0.0928. The summed E-state index contributed by atoms with van der Waals surface area (Å²) in [4.78, 5) is 11.1. The standard InChI is InChI=1S/C64H76N2/c1-59(2,3)50-26-20-23-42(31-50)45-29-48(37-52(33-45)61(7,8)9)56-40-57(49-30-46(34-53(38-49)62(10,11)12)43-24-21-27-51(32-43)60(4,5)6)66-58(65-56)44-25-19-22-41(28-44)47-35-54(63(13,14)15)39-55(36-47)64(16,17)18/h19-40H,1-18H3. The average molecular weight is 873 g/mol. The Balaban J connectivity index is 1.51. The molecule has 342 valence electrons. The molecule has 1 aromatic heterocycles. The lowest BCUT2D eigenvalue weighted by atomic mass is 9.79. The van der Waals surface area contributed by atoms with Gasteiger partial charge in [-0.05, 0) is 136 Å². The van der Waals surface area contributed by atoms with Crippen LogP contribution >= 0.6 is 0 Å². The van der Waals surface area contributed by atoms with Crippen LogP contribution in [-0.4, -0.2) is 9.97 Å². The van der Waals surface area contributed by atoms with Gasteiger partial charge in [-0.1, -0.05) is 222 Å². The maximum absolute atomic E-state index is 5.54. The van der Waals surface area contributed by atoms with Crippen LogP contribution in [0.3, 0.4) is 0 Å². The normalized spacial score (nSPS) is 13.0. The molecule has 1 heterocycles. The number of hydrogen-bond acceptors (Lipinski definition) is 2. The molecule has 0 aliphatic rings. The van der Waals surface area contributed by atoms with E-state index in [1.807, 2.05) is 0 Å². The van der Waals surface area contributed by atoms with Crippen molar-refractivity contribution < 1.29 is 0 Å². The third-order valence-corrected chi connectivity index (χ3v) is 13.2. The lowest BCUT2D eigenvalue weighted by molar-refractivity contribution is 0.569. The predicted molar refractivity (Wildman–Crippen MR) is 287 cm³/mol. The molecule has 0 atom stereocenters. The molecule has 0 bridgehead atoms. The second kappa shape index (κ2) is 17.2. The van der Waals surface area contributed by atoms with Crippen molar-refractivity contribution >= 4 is 0 Å². The van der Waals surface area contributed by atoms with Crippen molar-refractivity contribution in [2.45, 2.75) is 157 Å². The van der Waals surface area contributed by atoms with Crippen LogP contribution in [0.1, 0.15) is 158 Å². The highest BCUT2D eigenvalue weighted by Gasteiger charge is 2.24. The molecule has 7 rings (SSSR count). The van der Waals surface area contributed by atoms with Crippen LogP contribution < -0.4 is 0 Å². The van der Waals surface area contributed by atoms with Crippen molar-refractivity contribution in [3.05, 3.63) is 167 Å². The average Bonchev–Trinajstić information content (AvgIpc) is 3.24. The molecule has 0 fully saturated rings. The number of benzene rings is 6. The molecule has 2 heteroatoms. The summed E-state index contributed by atoms with van der Waals surface area (Å²) in [5.74, 6) is 0.710. The van der Waals surface area contributed by atoms with Crippen LogP contribution in [0.25, 0.3) is 67.3 Å². The summed E-state index contributed by atoms with van der Waals surface area (Å²) in [6, 6.07) is 50.5. The summed E-state index contributed by atoms with van der Waals surface area (Å²) >= 11 is 0. The number of rotatable bonds is 6. The Labute approximate surface area is 399 Å². The second-order valence-corrected chi connectivity index (χ2v) is 25.1. The molecule has 0 aliphatic heterocycles. The molecule has 0 unspecified atom stereocenters. The van der Waals surface area contributed by atoms with Crippen LogP contribution in [0.5, 0.6) is 0 Å². The van der Waals surface area contributed by atoms with E-state index in [-0.39, 0.29) is 32.5 Å². The molecule has 0 N–H and O–H groups in total. The highest BCUT2D eigenvalue weighted by atomic mass is 14.9. The lowest BCUT2D eigenvalue weighted by Crippen LogP contribution is -2.16. The molecule has 0 saturated heterocycles. The van der Waals surface area contributed by atoms with Crippen LogP contribution in [0.2, 0.25) is 0 Å². The highest BCUT2D eigenvalue weighted by Crippen LogP contribution is 2.40. The fraction of sp³-hybridized carbons (Fsp3) is 0.375. The molecular formula is C64H76N2. The third kappa shape index (κ3) is 11.0. The fourth-order valence-electron chi connectivity index (χ4n) is 8.45. The molecule has 0 saturated carbocycles. The van der Waals surface area contributed by atoms with Gasteiger partial charge in [0.05, 0.1) is 11.4 Å². The monoisotopic (exact) mass is 873 g/mol. The molecular weight excluding hydrogens is 797 g/mol. The van der Waals surface area contributed by atoms with E-state index in [2.05, 4.69) is 258 Å². The Morgan fingerprint density at radius 1 is 0.227 bits per heavy atom. The molecule has 6 aromatic carbocycles. The van der Waals surface area contributed by atoms with Gasteiger partial charge in [0.2, 0.25) is 0 Å². The van der Waals surface area contributed by atoms with Gasteiger partial charge in [-0.25, -0.2) is 9.97 Å². The SMILES string of the molecule is CC(C)(C)c1cccc(-c2cc(-c3cc(-c4cc(-c5cccc(C(C)(C)C)c5)cc(C(C)(C)C)c4)nc(-c4cccc(-c5cc(C(C)(C)C)cc(C(C)(C)C)c5)c4)n3)cc(C(C)(C)C)c2)c1. The van der Waals surface area contributed by atoms with Gasteiger partial charge in [-0.2, -0.15) is 0 Å². The van der Waals surface area contributed by atoms with Crippen molar-refractivity contribution in [3.63, 3.8) is 0 Å². The zero-order valence-corrected chi connectivity index (χ0v) is 43.6. The molecule has 0 radical (unpaired) electrons. The molecule has 2 nitrogen and oxygen atoms in total. The second-order valence-electron chi connectivity index (χ2n) is 25.1. The Kier molecular flexibility index (Phi) is 12.6. The van der Waals surface area contributed by atoms with Crippen molar-refractivity contribution in [2.24, 2.45) is 0 Å². The Morgan fingerprint density at radius 3 is 0.848 bits per heavy atom. The largest absolute Gasteiger partial charge is 0.228 e. The van der Waals surface area contributed by atoms with Crippen LogP contribution in [0.4, 0.5) is 0 Å². The Morgan fingerprint density at radius 2 is 0.485 bits per heavy atom. The minimum Gasteiger partial charge on any atom is -0.228 e. The zero-order valence-electron chi connectivity index (χ0n) is 43.6. The van der Waals surface area contributed by atoms with Gasteiger partial charge in [0, 0.05) is 16.7 Å². The summed E-state index contributed by atoms with van der Waals surface area (Å²) < 4.78 is 0. The fourth-order valence-corrected chi connectivity index (χ4v) is 8.45. The highest BCUT2D eigenvalue weighted by molar-refractivity contribution is 5.81. The molecule has 0 spiro atoms. The van der Waals surface area contributed by atoms with E-state index in [1.165, 1.54) is 61.2 Å².